The van der Waals surface area contributed by atoms with Gasteiger partial charge in [-0.2, -0.15) is 28.5 Å². The van der Waals surface area contributed by atoms with E-state index in [0.717, 1.165) is 81.2 Å². The molecule has 0 bridgehead atoms. The van der Waals surface area contributed by atoms with Gasteiger partial charge in [-0.25, -0.2) is 0 Å². The topological polar surface area (TPSA) is 276 Å². The molecule has 0 spiro atoms. The van der Waals surface area contributed by atoms with Crippen LogP contribution in [0.25, 0.3) is 0 Å². The lowest BCUT2D eigenvalue weighted by atomic mass is 10.2. The number of alkyl halides is 3. The summed E-state index contributed by atoms with van der Waals surface area (Å²) >= 11 is 18.0. The molecule has 0 aromatic carbocycles. The number of hydrogen-bond acceptors (Lipinski definition) is 15. The van der Waals surface area contributed by atoms with Crippen molar-refractivity contribution >= 4 is 69.6 Å². The van der Waals surface area contributed by atoms with Crippen molar-refractivity contribution in [1.82, 2.24) is 61.5 Å². The Kier molecular flexibility index (Phi) is 18.0. The molecule has 388 valence electrons. The average molecular weight is 1070 g/mol. The Balaban J connectivity index is 0.000000146. The predicted molar refractivity (Wildman–Crippen MR) is 263 cm³/mol. The number of aryl methyl sites for hydroxylation is 1. The zero-order valence-corrected chi connectivity index (χ0v) is 41.4. The zero-order valence-electron chi connectivity index (χ0n) is 39.1. The molecule has 6 aromatic rings. The number of morpholine rings is 3. The molecule has 10 rings (SSSR count). The Morgan fingerprint density at radius 1 is 0.603 bits per heavy atom. The summed E-state index contributed by atoms with van der Waals surface area (Å²) in [5.74, 6) is -1.16. The average Bonchev–Trinajstić information content (AvgIpc) is 3.89. The van der Waals surface area contributed by atoms with Gasteiger partial charge in [0.2, 0.25) is 0 Å². The van der Waals surface area contributed by atoms with Gasteiger partial charge in [0.1, 0.15) is 23.3 Å². The first-order chi connectivity index (χ1) is 35.3. The van der Waals surface area contributed by atoms with Gasteiger partial charge in [0.25, 0.3) is 17.7 Å². The maximum absolute atomic E-state index is 12.7. The van der Waals surface area contributed by atoms with Crippen molar-refractivity contribution in [3.05, 3.63) is 121 Å². The van der Waals surface area contributed by atoms with Crippen LogP contribution < -0.4 is 31.9 Å². The molecule has 4 aliphatic rings. The monoisotopic (exact) mass is 1070 g/mol. The van der Waals surface area contributed by atoms with Crippen molar-refractivity contribution in [3.63, 3.8) is 0 Å². The van der Waals surface area contributed by atoms with Crippen LogP contribution in [0.1, 0.15) is 116 Å². The minimum atomic E-state index is -4.72. The van der Waals surface area contributed by atoms with Crippen LogP contribution in [0.2, 0.25) is 15.1 Å². The van der Waals surface area contributed by atoms with Gasteiger partial charge in [0.05, 0.1) is 94.0 Å². The number of halogens is 6. The Morgan fingerprint density at radius 3 is 1.37 bits per heavy atom. The van der Waals surface area contributed by atoms with Gasteiger partial charge in [0.15, 0.2) is 22.8 Å². The highest BCUT2D eigenvalue weighted by Crippen LogP contribution is 2.43. The first-order valence-corrected chi connectivity index (χ1v) is 24.5. The number of nitrogens with zero attached hydrogens (tertiary/aromatic N) is 6. The molecular formula is C46H51Cl3F3N15O6. The quantitative estimate of drug-likeness (QED) is 0.0599. The number of aromatic amines is 3. The van der Waals surface area contributed by atoms with E-state index in [-0.39, 0.29) is 41.5 Å². The van der Waals surface area contributed by atoms with E-state index in [2.05, 4.69) is 72.3 Å². The predicted octanol–water partition coefficient (Wildman–Crippen LogP) is 6.96. The molecule has 4 fully saturated rings. The third-order valence-corrected chi connectivity index (χ3v) is 12.7. The minimum Gasteiger partial charge on any atom is -0.369 e. The van der Waals surface area contributed by atoms with E-state index in [4.69, 9.17) is 49.0 Å². The van der Waals surface area contributed by atoms with Gasteiger partial charge in [-0.05, 0) is 55.7 Å². The number of carbonyl (C=O) groups is 3. The Morgan fingerprint density at radius 2 is 1.01 bits per heavy atom. The third kappa shape index (κ3) is 14.0. The maximum Gasteiger partial charge on any atom is 0.434 e. The highest BCUT2D eigenvalue weighted by molar-refractivity contribution is 6.35. The normalized spacial score (nSPS) is 18.9. The number of anilines is 3. The number of pyridine rings is 3. The van der Waals surface area contributed by atoms with Crippen LogP contribution in [0.3, 0.4) is 0 Å². The van der Waals surface area contributed by atoms with Crippen LogP contribution in [0.4, 0.5) is 30.2 Å². The molecule has 3 saturated heterocycles. The van der Waals surface area contributed by atoms with E-state index in [1.54, 1.807) is 41.8 Å². The standard InChI is InChI=1S/C16H18ClN5O2.C16H20ClN5O2.C14H13ClF3N5O2/c17-13-14(9-1-2-9)21-22-15(13)16(23)20-10-3-4-11(19-7-10)12-8-18-5-6-24-12;1-2-3-12-14(17)15(22-21-12)16(23)20-10-4-5-11(19-8-10)13-9-18-6-7-24-13;15-10-11(22-23-12(10)14(16,17)18)13(24)21-7-1-2-8(20-5-7)9-6-19-3-4-25-9/h3-4,7,9,12,18H,1-2,5-6,8H2,(H,20,23)(H,21,22);4-5,8,13,18H,2-3,6-7,9H2,1H3,(H,20,23)(H,21,22);1-2,5,9,19H,3-4,6H2,(H,21,24)(H,22,23)/t12-;13-;9-/m111/s1. The first kappa shape index (κ1) is 53.2. The summed E-state index contributed by atoms with van der Waals surface area (Å²) in [6.45, 7) is 8.55. The van der Waals surface area contributed by atoms with E-state index < -0.39 is 28.5 Å². The van der Waals surface area contributed by atoms with Crippen molar-refractivity contribution in [3.8, 4) is 0 Å². The van der Waals surface area contributed by atoms with Gasteiger partial charge in [-0.3, -0.25) is 44.6 Å². The molecule has 3 aliphatic heterocycles. The minimum absolute atomic E-state index is 0.0506. The molecule has 1 aliphatic carbocycles. The number of carbonyl (C=O) groups excluding carboxylic acids is 3. The third-order valence-electron chi connectivity index (χ3n) is 11.5. The zero-order chi connectivity index (χ0) is 51.5. The van der Waals surface area contributed by atoms with E-state index >= 15 is 0 Å². The molecule has 0 unspecified atom stereocenters. The Bertz CT molecular complexity index is 2790. The Hall–Kier alpha value is -6.09. The second-order valence-corrected chi connectivity index (χ2v) is 18.1. The largest absolute Gasteiger partial charge is 0.434 e. The van der Waals surface area contributed by atoms with Crippen LogP contribution in [0, 0.1) is 0 Å². The lowest BCUT2D eigenvalue weighted by molar-refractivity contribution is -0.141. The highest BCUT2D eigenvalue weighted by Gasteiger charge is 2.38. The lowest BCUT2D eigenvalue weighted by Crippen LogP contribution is -2.33. The van der Waals surface area contributed by atoms with Crippen molar-refractivity contribution in [1.29, 1.82) is 0 Å². The number of amides is 3. The molecule has 73 heavy (non-hydrogen) atoms. The number of hydrogen-bond donors (Lipinski definition) is 9. The number of aromatic nitrogens is 9. The molecule has 27 heteroatoms. The number of rotatable bonds is 12. The van der Waals surface area contributed by atoms with Gasteiger partial charge in [-0.15, -0.1) is 0 Å². The summed E-state index contributed by atoms with van der Waals surface area (Å²) in [5.41, 5.74) is 4.09. The molecule has 6 aromatic heterocycles. The number of H-pyrrole nitrogens is 3. The maximum atomic E-state index is 12.7. The number of nitrogens with one attached hydrogen (secondary N) is 9. The van der Waals surface area contributed by atoms with Gasteiger partial charge in [0, 0.05) is 45.2 Å². The summed E-state index contributed by atoms with van der Waals surface area (Å²) in [4.78, 5) is 49.6. The SMILES string of the molecule is CCCc1[nH]nc(C(=O)Nc2ccc([C@H]3CNCCO3)nc2)c1Cl.O=C(Nc1ccc([C@H]2CNCCO2)nc1)c1n[nH]c(C(F)(F)F)c1Cl.O=C(Nc1ccc([C@H]2CNCCO2)nc1)c1n[nH]c(C2CC2)c1Cl. The van der Waals surface area contributed by atoms with Crippen LogP contribution in [-0.4, -0.2) is 122 Å². The Labute approximate surface area is 430 Å². The fourth-order valence-corrected chi connectivity index (χ4v) is 8.45. The van der Waals surface area contributed by atoms with Crippen LogP contribution >= 0.6 is 34.8 Å². The summed E-state index contributed by atoms with van der Waals surface area (Å²) in [6, 6.07) is 10.5. The van der Waals surface area contributed by atoms with Crippen molar-refractivity contribution in [2.75, 3.05) is 75.0 Å². The molecule has 21 nitrogen and oxygen atoms in total. The van der Waals surface area contributed by atoms with Crippen LogP contribution in [0.5, 0.6) is 0 Å². The van der Waals surface area contributed by atoms with Gasteiger partial charge < -0.3 is 46.1 Å². The van der Waals surface area contributed by atoms with Crippen LogP contribution in [0.15, 0.2) is 55.0 Å². The fraction of sp³-hybridized carbons (Fsp3) is 0.413. The van der Waals surface area contributed by atoms with Crippen LogP contribution in [-0.2, 0) is 26.8 Å². The fourth-order valence-electron chi connectivity index (χ4n) is 7.58. The second kappa shape index (κ2) is 24.8. The smallest absolute Gasteiger partial charge is 0.369 e. The second-order valence-electron chi connectivity index (χ2n) is 16.9. The molecule has 0 radical (unpaired) electrons. The molecular weight excluding hydrogens is 1020 g/mol. The van der Waals surface area contributed by atoms with E-state index in [0.29, 0.717) is 65.1 Å². The highest BCUT2D eigenvalue weighted by atomic mass is 35.5. The van der Waals surface area contributed by atoms with E-state index in [1.807, 2.05) is 19.1 Å². The summed E-state index contributed by atoms with van der Waals surface area (Å²) in [6.07, 6.45) is 3.46. The van der Waals surface area contributed by atoms with Crippen molar-refractivity contribution in [2.24, 2.45) is 0 Å². The molecule has 9 heterocycles. The van der Waals surface area contributed by atoms with Gasteiger partial charge >= 0.3 is 6.18 Å². The summed E-state index contributed by atoms with van der Waals surface area (Å²) < 4.78 is 54.8. The molecule has 3 atom stereocenters. The van der Waals surface area contributed by atoms with Gasteiger partial charge in [-0.1, -0.05) is 48.1 Å². The van der Waals surface area contributed by atoms with E-state index in [1.165, 1.54) is 6.20 Å². The van der Waals surface area contributed by atoms with Crippen molar-refractivity contribution in [2.45, 2.75) is 63.0 Å². The lowest BCUT2D eigenvalue weighted by Gasteiger charge is -2.23. The summed E-state index contributed by atoms with van der Waals surface area (Å²) in [5, 5.41) is 36.4. The van der Waals surface area contributed by atoms with Crippen molar-refractivity contribution < 1.29 is 41.8 Å². The molecule has 9 N–H and O–H groups in total. The summed E-state index contributed by atoms with van der Waals surface area (Å²) in [7, 11) is 0. The first-order valence-electron chi connectivity index (χ1n) is 23.3. The number of ether oxygens (including phenoxy) is 3. The van der Waals surface area contributed by atoms with E-state index in [9.17, 15) is 27.6 Å². The molecule has 1 saturated carbocycles. The molecule has 3 amide bonds.